The van der Waals surface area contributed by atoms with Gasteiger partial charge in [0, 0.05) is 25.0 Å². The van der Waals surface area contributed by atoms with Crippen molar-refractivity contribution in [1.29, 1.82) is 0 Å². The maximum absolute atomic E-state index is 11.2. The number of imide groups is 1. The van der Waals surface area contributed by atoms with Crippen LogP contribution >= 0.6 is 0 Å². The molecular weight excluding hydrogens is 198 g/mol. The standard InChI is InChI=1S/C10H13NO4/c1-7(10(14)15)3-2-6-11-8(12)4-5-9(11)13/h1-6H2,(H,14,15). The first kappa shape index (κ1) is 11.4. The van der Waals surface area contributed by atoms with Crippen molar-refractivity contribution in [1.82, 2.24) is 4.90 Å². The number of carboxylic acids is 1. The molecule has 0 aromatic carbocycles. The molecule has 0 atom stereocenters. The molecule has 0 aromatic rings. The summed E-state index contributed by atoms with van der Waals surface area (Å²) in [5.74, 6) is -1.36. The molecule has 0 unspecified atom stereocenters. The molecule has 1 rings (SSSR count). The highest BCUT2D eigenvalue weighted by Crippen LogP contribution is 2.13. The average molecular weight is 211 g/mol. The topological polar surface area (TPSA) is 74.7 Å². The summed E-state index contributed by atoms with van der Waals surface area (Å²) >= 11 is 0. The third kappa shape index (κ3) is 2.90. The number of nitrogens with zero attached hydrogens (tertiary/aromatic N) is 1. The smallest absolute Gasteiger partial charge is 0.330 e. The van der Waals surface area contributed by atoms with Gasteiger partial charge in [-0.05, 0) is 12.8 Å². The molecule has 5 heteroatoms. The van der Waals surface area contributed by atoms with Gasteiger partial charge in [-0.3, -0.25) is 14.5 Å². The molecule has 1 aliphatic rings. The van der Waals surface area contributed by atoms with Gasteiger partial charge in [0.2, 0.25) is 11.8 Å². The Morgan fingerprint density at radius 2 is 1.87 bits per heavy atom. The van der Waals surface area contributed by atoms with E-state index >= 15 is 0 Å². The van der Waals surface area contributed by atoms with E-state index in [1.807, 2.05) is 0 Å². The zero-order valence-corrected chi connectivity index (χ0v) is 8.36. The molecule has 82 valence electrons. The molecule has 15 heavy (non-hydrogen) atoms. The van der Waals surface area contributed by atoms with Crippen molar-refractivity contribution in [3.05, 3.63) is 12.2 Å². The monoisotopic (exact) mass is 211 g/mol. The van der Waals surface area contributed by atoms with Gasteiger partial charge in [0.25, 0.3) is 0 Å². The van der Waals surface area contributed by atoms with Crippen LogP contribution in [0.4, 0.5) is 0 Å². The van der Waals surface area contributed by atoms with Crippen molar-refractivity contribution in [2.75, 3.05) is 6.54 Å². The predicted molar refractivity (Wildman–Crippen MR) is 52.0 cm³/mol. The second-order valence-corrected chi connectivity index (χ2v) is 3.45. The summed E-state index contributed by atoms with van der Waals surface area (Å²) in [6, 6.07) is 0. The third-order valence-electron chi connectivity index (χ3n) is 2.32. The van der Waals surface area contributed by atoms with Gasteiger partial charge in [-0.2, -0.15) is 0 Å². The summed E-state index contributed by atoms with van der Waals surface area (Å²) in [5.41, 5.74) is 0.106. The quantitative estimate of drug-likeness (QED) is 0.532. The van der Waals surface area contributed by atoms with Crippen molar-refractivity contribution in [3.63, 3.8) is 0 Å². The van der Waals surface area contributed by atoms with E-state index in [0.717, 1.165) is 0 Å². The fourth-order valence-electron chi connectivity index (χ4n) is 1.43. The van der Waals surface area contributed by atoms with Gasteiger partial charge in [-0.25, -0.2) is 4.79 Å². The van der Waals surface area contributed by atoms with Crippen LogP contribution in [0.1, 0.15) is 25.7 Å². The maximum atomic E-state index is 11.2. The Hall–Kier alpha value is -1.65. The fourth-order valence-corrected chi connectivity index (χ4v) is 1.43. The first-order valence-electron chi connectivity index (χ1n) is 4.76. The predicted octanol–water partition coefficient (Wildman–Crippen LogP) is 0.556. The molecule has 0 radical (unpaired) electrons. The largest absolute Gasteiger partial charge is 0.478 e. The molecule has 1 N–H and O–H groups in total. The zero-order chi connectivity index (χ0) is 11.4. The lowest BCUT2D eigenvalue weighted by Gasteiger charge is -2.12. The Bertz CT molecular complexity index is 305. The van der Waals surface area contributed by atoms with E-state index < -0.39 is 5.97 Å². The highest BCUT2D eigenvalue weighted by molar-refractivity contribution is 6.01. The van der Waals surface area contributed by atoms with Crippen LogP contribution in [0.3, 0.4) is 0 Å². The highest BCUT2D eigenvalue weighted by atomic mass is 16.4. The number of likely N-dealkylation sites (tertiary alicyclic amines) is 1. The molecule has 1 saturated heterocycles. The van der Waals surface area contributed by atoms with Crippen LogP contribution in [0, 0.1) is 0 Å². The number of carboxylic acid groups (broad SMARTS) is 1. The second kappa shape index (κ2) is 4.72. The average Bonchev–Trinajstić information content (AvgIpc) is 2.48. The van der Waals surface area contributed by atoms with Gasteiger partial charge >= 0.3 is 5.97 Å². The normalized spacial score (nSPS) is 15.9. The van der Waals surface area contributed by atoms with Gasteiger partial charge in [0.05, 0.1) is 0 Å². The van der Waals surface area contributed by atoms with Crippen LogP contribution in [0.25, 0.3) is 0 Å². The number of amides is 2. The number of hydrogen-bond acceptors (Lipinski definition) is 3. The molecule has 2 amide bonds. The third-order valence-corrected chi connectivity index (χ3v) is 2.32. The van der Waals surface area contributed by atoms with Crippen LogP contribution in [0.2, 0.25) is 0 Å². The van der Waals surface area contributed by atoms with Crippen molar-refractivity contribution >= 4 is 17.8 Å². The first-order chi connectivity index (χ1) is 7.02. The Balaban J connectivity index is 2.31. The lowest BCUT2D eigenvalue weighted by molar-refractivity contribution is -0.138. The lowest BCUT2D eigenvalue weighted by atomic mass is 10.1. The fraction of sp³-hybridized carbons (Fsp3) is 0.500. The SMILES string of the molecule is C=C(CCCN1C(=O)CCC1=O)C(=O)O. The van der Waals surface area contributed by atoms with Crippen LogP contribution in [0.5, 0.6) is 0 Å². The lowest BCUT2D eigenvalue weighted by Crippen LogP contribution is -2.30. The summed E-state index contributed by atoms with van der Waals surface area (Å²) in [4.78, 5) is 33.9. The molecule has 1 fully saturated rings. The van der Waals surface area contributed by atoms with Gasteiger partial charge in [-0.1, -0.05) is 6.58 Å². The van der Waals surface area contributed by atoms with E-state index in [9.17, 15) is 14.4 Å². The molecule has 0 spiro atoms. The summed E-state index contributed by atoms with van der Waals surface area (Å²) in [5, 5.41) is 8.53. The Morgan fingerprint density at radius 1 is 1.33 bits per heavy atom. The Kier molecular flexibility index (Phi) is 3.60. The molecule has 1 aliphatic heterocycles. The molecule has 0 bridgehead atoms. The van der Waals surface area contributed by atoms with Gasteiger partial charge in [-0.15, -0.1) is 0 Å². The van der Waals surface area contributed by atoms with E-state index in [1.165, 1.54) is 4.90 Å². The number of rotatable bonds is 5. The summed E-state index contributed by atoms with van der Waals surface area (Å²) < 4.78 is 0. The molecule has 0 aliphatic carbocycles. The molecule has 1 heterocycles. The number of hydrogen-bond donors (Lipinski definition) is 1. The maximum Gasteiger partial charge on any atom is 0.330 e. The Morgan fingerprint density at radius 3 is 2.33 bits per heavy atom. The summed E-state index contributed by atoms with van der Waals surface area (Å²) in [6.07, 6.45) is 1.31. The van der Waals surface area contributed by atoms with E-state index in [0.29, 0.717) is 19.4 Å². The van der Waals surface area contributed by atoms with E-state index in [1.54, 1.807) is 0 Å². The highest BCUT2D eigenvalue weighted by Gasteiger charge is 2.27. The molecule has 0 aromatic heterocycles. The van der Waals surface area contributed by atoms with Crippen LogP contribution < -0.4 is 0 Å². The first-order valence-corrected chi connectivity index (χ1v) is 4.76. The minimum Gasteiger partial charge on any atom is -0.478 e. The molecular formula is C10H13NO4. The van der Waals surface area contributed by atoms with Crippen LogP contribution in [-0.4, -0.2) is 34.3 Å². The van der Waals surface area contributed by atoms with Gasteiger partial charge in [0.15, 0.2) is 0 Å². The molecule has 5 nitrogen and oxygen atoms in total. The van der Waals surface area contributed by atoms with Crippen molar-refractivity contribution in [2.45, 2.75) is 25.7 Å². The van der Waals surface area contributed by atoms with Gasteiger partial charge < -0.3 is 5.11 Å². The minimum absolute atomic E-state index is 0.106. The summed E-state index contributed by atoms with van der Waals surface area (Å²) in [7, 11) is 0. The van der Waals surface area contributed by atoms with Gasteiger partial charge in [0.1, 0.15) is 0 Å². The zero-order valence-electron chi connectivity index (χ0n) is 8.36. The van der Waals surface area contributed by atoms with Crippen molar-refractivity contribution in [2.24, 2.45) is 0 Å². The van der Waals surface area contributed by atoms with Crippen molar-refractivity contribution < 1.29 is 19.5 Å². The van der Waals surface area contributed by atoms with E-state index in [2.05, 4.69) is 6.58 Å². The Labute approximate surface area is 87.4 Å². The minimum atomic E-state index is -1.03. The van der Waals surface area contributed by atoms with Crippen molar-refractivity contribution in [3.8, 4) is 0 Å². The second-order valence-electron chi connectivity index (χ2n) is 3.45. The molecule has 0 saturated carbocycles. The van der Waals surface area contributed by atoms with E-state index in [4.69, 9.17) is 5.11 Å². The number of carbonyl (C=O) groups excluding carboxylic acids is 2. The van der Waals surface area contributed by atoms with Crippen LogP contribution in [-0.2, 0) is 14.4 Å². The summed E-state index contributed by atoms with van der Waals surface area (Å²) in [6.45, 7) is 3.66. The van der Waals surface area contributed by atoms with Crippen LogP contribution in [0.15, 0.2) is 12.2 Å². The van der Waals surface area contributed by atoms with E-state index in [-0.39, 0.29) is 30.2 Å². The number of carbonyl (C=O) groups is 3. The number of aliphatic carboxylic acids is 1.